The predicted molar refractivity (Wildman–Crippen MR) is 151 cm³/mol. The molecule has 0 unspecified atom stereocenters. The first-order chi connectivity index (χ1) is 19.8. The molecule has 1 heterocycles. The summed E-state index contributed by atoms with van der Waals surface area (Å²) in [5, 5.41) is 3.07. The van der Waals surface area contributed by atoms with Crippen LogP contribution in [0.5, 0.6) is 0 Å². The van der Waals surface area contributed by atoms with Crippen molar-refractivity contribution in [3.8, 4) is 0 Å². The Bertz CT molecular complexity index is 1520. The molecule has 10 heteroatoms. The summed E-state index contributed by atoms with van der Waals surface area (Å²) in [7, 11) is -4.24. The molecular weight excluding hydrogens is 545 g/mol. The Balaban J connectivity index is 1.49. The molecule has 1 aliphatic carbocycles. The molecule has 3 amide bonds. The highest BCUT2D eigenvalue weighted by molar-refractivity contribution is 7.90. The second kappa shape index (κ2) is 12.2. The molecule has 1 fully saturated rings. The smallest absolute Gasteiger partial charge is 0.269 e. The lowest BCUT2D eigenvalue weighted by Gasteiger charge is -2.34. The number of sulfonamides is 1. The third kappa shape index (κ3) is 6.17. The quantitative estimate of drug-likeness (QED) is 0.410. The van der Waals surface area contributed by atoms with Crippen LogP contribution in [0.4, 0.5) is 4.39 Å². The van der Waals surface area contributed by atoms with Crippen LogP contribution in [-0.2, 0) is 26.0 Å². The fourth-order valence-electron chi connectivity index (χ4n) is 5.54. The first-order valence-electron chi connectivity index (χ1n) is 13.8. The number of nitrogens with one attached hydrogen (secondary N) is 1. The Morgan fingerprint density at radius 2 is 1.59 bits per heavy atom. The van der Waals surface area contributed by atoms with Gasteiger partial charge >= 0.3 is 0 Å². The van der Waals surface area contributed by atoms with Crippen molar-refractivity contribution in [3.05, 3.63) is 101 Å². The highest BCUT2D eigenvalue weighted by Crippen LogP contribution is 2.31. The number of amides is 3. The van der Waals surface area contributed by atoms with Gasteiger partial charge in [0.05, 0.1) is 5.56 Å². The van der Waals surface area contributed by atoms with Crippen molar-refractivity contribution in [3.63, 3.8) is 0 Å². The predicted octanol–water partition coefficient (Wildman–Crippen LogP) is 4.23. The van der Waals surface area contributed by atoms with Gasteiger partial charge in [-0.05, 0) is 54.7 Å². The first kappa shape index (κ1) is 28.5. The number of halogens is 1. The van der Waals surface area contributed by atoms with E-state index in [2.05, 4.69) is 5.32 Å². The zero-order valence-electron chi connectivity index (χ0n) is 22.5. The molecule has 0 aromatic heterocycles. The number of hydrogen-bond donors (Lipinski definition) is 1. The van der Waals surface area contributed by atoms with Gasteiger partial charge in [-0.3, -0.25) is 14.4 Å². The van der Waals surface area contributed by atoms with Gasteiger partial charge in [-0.1, -0.05) is 73.9 Å². The number of carbonyl (C=O) groups is 3. The summed E-state index contributed by atoms with van der Waals surface area (Å²) in [4.78, 5) is 42.1. The molecule has 1 saturated carbocycles. The van der Waals surface area contributed by atoms with Crippen molar-refractivity contribution in [2.24, 2.45) is 0 Å². The molecule has 0 spiro atoms. The van der Waals surface area contributed by atoms with E-state index in [1.54, 1.807) is 6.07 Å². The summed E-state index contributed by atoms with van der Waals surface area (Å²) in [6.45, 7) is -0.697. The van der Waals surface area contributed by atoms with Crippen LogP contribution in [0, 0.1) is 5.82 Å². The van der Waals surface area contributed by atoms with Crippen LogP contribution in [0.3, 0.4) is 0 Å². The van der Waals surface area contributed by atoms with E-state index in [4.69, 9.17) is 0 Å². The van der Waals surface area contributed by atoms with E-state index in [9.17, 15) is 27.2 Å². The van der Waals surface area contributed by atoms with Gasteiger partial charge < -0.3 is 10.2 Å². The molecule has 3 aromatic carbocycles. The first-order valence-corrected chi connectivity index (χ1v) is 15.2. The number of hydrogen-bond acceptors (Lipinski definition) is 5. The topological polar surface area (TPSA) is 104 Å². The van der Waals surface area contributed by atoms with Crippen LogP contribution < -0.4 is 5.32 Å². The number of nitrogens with zero attached hydrogens (tertiary/aromatic N) is 2. The average Bonchev–Trinajstić information content (AvgIpc) is 3.17. The molecule has 1 N–H and O–H groups in total. The summed E-state index contributed by atoms with van der Waals surface area (Å²) >= 11 is 0. The van der Waals surface area contributed by atoms with Crippen molar-refractivity contribution in [1.82, 2.24) is 14.5 Å². The highest BCUT2D eigenvalue weighted by atomic mass is 32.2. The van der Waals surface area contributed by atoms with E-state index in [1.807, 2.05) is 30.3 Å². The van der Waals surface area contributed by atoms with Crippen LogP contribution in [0.1, 0.15) is 59.6 Å². The second-order valence-corrected chi connectivity index (χ2v) is 12.3. The van der Waals surface area contributed by atoms with Gasteiger partial charge in [0.15, 0.2) is 0 Å². The Hall–Kier alpha value is -4.05. The fourth-order valence-corrected chi connectivity index (χ4v) is 7.06. The minimum absolute atomic E-state index is 0.00117. The van der Waals surface area contributed by atoms with Gasteiger partial charge in [-0.25, -0.2) is 17.1 Å². The summed E-state index contributed by atoms with van der Waals surface area (Å²) in [6.07, 6.45) is 5.08. The van der Waals surface area contributed by atoms with Crippen LogP contribution in [-0.4, -0.2) is 54.5 Å². The van der Waals surface area contributed by atoms with Crippen molar-refractivity contribution < 1.29 is 27.2 Å². The summed E-state index contributed by atoms with van der Waals surface area (Å²) in [6, 6.07) is 19.3. The minimum Gasteiger partial charge on any atom is -0.351 e. The molecule has 41 heavy (non-hydrogen) atoms. The van der Waals surface area contributed by atoms with Gasteiger partial charge in [-0.15, -0.1) is 0 Å². The van der Waals surface area contributed by atoms with Gasteiger partial charge in [0.2, 0.25) is 11.8 Å². The van der Waals surface area contributed by atoms with E-state index in [0.717, 1.165) is 37.7 Å². The van der Waals surface area contributed by atoms with Crippen LogP contribution >= 0.6 is 0 Å². The van der Waals surface area contributed by atoms with Gasteiger partial charge in [0.1, 0.15) is 23.3 Å². The molecule has 1 aliphatic heterocycles. The van der Waals surface area contributed by atoms with Gasteiger partial charge in [0.25, 0.3) is 15.9 Å². The van der Waals surface area contributed by atoms with Gasteiger partial charge in [-0.2, -0.15) is 0 Å². The maximum absolute atomic E-state index is 14.0. The lowest BCUT2D eigenvalue weighted by Crippen LogP contribution is -2.50. The molecule has 1 atom stereocenters. The van der Waals surface area contributed by atoms with Crippen LogP contribution in [0.15, 0.2) is 83.8 Å². The molecule has 214 valence electrons. The standard InChI is InChI=1S/C31H32FN3O5S/c32-24-17-15-23(16-18-24)29(30(37)33-25-11-5-2-6-12-25)34(20-19-22-9-3-1-4-10-22)28(36)21-35-31(38)26-13-7-8-14-27(26)41(35,39)40/h1,3-4,7-10,13-18,25,29H,2,5-6,11-12,19-21H2,(H,33,37)/t29-/m0/s1. The Morgan fingerprint density at radius 1 is 0.927 bits per heavy atom. The number of benzene rings is 3. The average molecular weight is 578 g/mol. The summed E-state index contributed by atoms with van der Waals surface area (Å²) in [5.41, 5.74) is 1.30. The van der Waals surface area contributed by atoms with E-state index in [1.165, 1.54) is 47.4 Å². The molecular formula is C31H32FN3O5S. The van der Waals surface area contributed by atoms with Crippen molar-refractivity contribution >= 4 is 27.7 Å². The zero-order valence-corrected chi connectivity index (χ0v) is 23.4. The molecule has 8 nitrogen and oxygen atoms in total. The molecule has 3 aromatic rings. The fraction of sp³-hybridized carbons (Fsp3) is 0.323. The second-order valence-electron chi connectivity index (χ2n) is 10.4. The van der Waals surface area contributed by atoms with E-state index >= 15 is 0 Å². The summed E-state index contributed by atoms with van der Waals surface area (Å²) in [5.74, 6) is -2.42. The Labute approximate surface area is 239 Å². The number of rotatable bonds is 9. The third-order valence-corrected chi connectivity index (χ3v) is 9.48. The van der Waals surface area contributed by atoms with Crippen molar-refractivity contribution in [2.45, 2.75) is 55.5 Å². The minimum atomic E-state index is -4.24. The molecule has 0 bridgehead atoms. The summed E-state index contributed by atoms with van der Waals surface area (Å²) < 4.78 is 40.9. The molecule has 0 saturated heterocycles. The number of carbonyl (C=O) groups excluding carboxylic acids is 3. The van der Waals surface area contributed by atoms with E-state index in [-0.39, 0.29) is 23.0 Å². The SMILES string of the molecule is O=C(NC1CCCCC1)[C@H](c1ccc(F)cc1)N(CCc1ccccc1)C(=O)CN1C(=O)c2ccccc2S1(=O)=O. The van der Waals surface area contributed by atoms with E-state index < -0.39 is 46.1 Å². The maximum Gasteiger partial charge on any atom is 0.269 e. The van der Waals surface area contributed by atoms with Gasteiger partial charge in [0, 0.05) is 12.6 Å². The third-order valence-electron chi connectivity index (χ3n) is 7.69. The highest BCUT2D eigenvalue weighted by Gasteiger charge is 2.43. The lowest BCUT2D eigenvalue weighted by molar-refractivity contribution is -0.141. The molecule has 5 rings (SSSR count). The Morgan fingerprint density at radius 3 is 2.27 bits per heavy atom. The normalized spacial score (nSPS) is 17.1. The molecule has 2 aliphatic rings. The Kier molecular flexibility index (Phi) is 8.49. The zero-order chi connectivity index (χ0) is 29.0. The molecule has 0 radical (unpaired) electrons. The number of fused-ring (bicyclic) bond motifs is 1. The van der Waals surface area contributed by atoms with Crippen LogP contribution in [0.25, 0.3) is 0 Å². The largest absolute Gasteiger partial charge is 0.351 e. The van der Waals surface area contributed by atoms with Crippen molar-refractivity contribution in [2.75, 3.05) is 13.1 Å². The lowest BCUT2D eigenvalue weighted by atomic mass is 9.94. The van der Waals surface area contributed by atoms with Crippen molar-refractivity contribution in [1.29, 1.82) is 0 Å². The maximum atomic E-state index is 14.0. The monoisotopic (exact) mass is 577 g/mol. The van der Waals surface area contributed by atoms with E-state index in [0.29, 0.717) is 16.3 Å². The van der Waals surface area contributed by atoms with Crippen LogP contribution in [0.2, 0.25) is 0 Å².